The number of fused-ring (bicyclic) bond motifs is 6. The molecule has 4 heterocycles. The monoisotopic (exact) mass is 704 g/mol. The van der Waals surface area contributed by atoms with Crippen LogP contribution in [0.1, 0.15) is 36.8 Å². The summed E-state index contributed by atoms with van der Waals surface area (Å²) in [5.74, 6) is -4.02. The molecule has 4 aliphatic rings. The van der Waals surface area contributed by atoms with Crippen LogP contribution in [0.25, 0.3) is 31.4 Å². The number of rotatable bonds is 3. The van der Waals surface area contributed by atoms with Crippen LogP contribution in [0.3, 0.4) is 0 Å². The lowest BCUT2D eigenvalue weighted by Crippen LogP contribution is -2.49. The van der Waals surface area contributed by atoms with Gasteiger partial charge in [0.2, 0.25) is 23.6 Å². The minimum atomic E-state index is -1.31. The summed E-state index contributed by atoms with van der Waals surface area (Å²) < 4.78 is 2.63. The Morgan fingerprint density at radius 1 is 0.940 bits per heavy atom. The first-order valence-corrected chi connectivity index (χ1v) is 17.9. The Kier molecular flexibility index (Phi) is 6.62. The number of carbonyl (C=O) groups excluding carboxylic acids is 4. The smallest absolute Gasteiger partial charge is 0.242 e. The number of likely N-dealkylation sites (tertiary alicyclic amines) is 1. The van der Waals surface area contributed by atoms with E-state index < -0.39 is 35.0 Å². The largest absolute Gasteiger partial charge is 0.508 e. The van der Waals surface area contributed by atoms with Gasteiger partial charge < -0.3 is 5.11 Å². The number of allylic oxidation sites excluding steroid dienone is 2. The van der Waals surface area contributed by atoms with Crippen LogP contribution >= 0.6 is 22.9 Å². The fourth-order valence-corrected chi connectivity index (χ4v) is 10.8. The average Bonchev–Trinajstić information content (AvgIpc) is 3.76. The Balaban J connectivity index is 1.22. The molecule has 11 heteroatoms. The standard InChI is InChI=1S/C39H33ClN4O5S/c1-18-24-15-20(40)10-14-29(24)50-34(18)27-17-30(43(4)41-27)44-36(47)26-16-25-22(11-12-23-31(25)37(48)42(3)35(23)46)33(39(26,2)38(44)49)32-21-8-6-5-7-19(21)9-13-28(32)45/h5-11,13-15,17,23,25-26,31,33,45H,12,16H2,1-4H3/t23-,25+,26-,31-,33+,39+/m0/s1. The van der Waals surface area contributed by atoms with Gasteiger partial charge in [-0.2, -0.15) is 5.10 Å². The number of thiophene rings is 1. The third-order valence-corrected chi connectivity index (χ3v) is 13.5. The van der Waals surface area contributed by atoms with E-state index in [2.05, 4.69) is 0 Å². The minimum absolute atomic E-state index is 0.0187. The second kappa shape index (κ2) is 10.6. The number of halogens is 1. The molecule has 1 saturated carbocycles. The first kappa shape index (κ1) is 31.2. The summed E-state index contributed by atoms with van der Waals surface area (Å²) in [6.45, 7) is 3.84. The van der Waals surface area contributed by atoms with E-state index >= 15 is 4.79 Å². The lowest BCUT2D eigenvalue weighted by molar-refractivity contribution is -0.138. The lowest BCUT2D eigenvalue weighted by Gasteiger charge is -2.49. The zero-order valence-electron chi connectivity index (χ0n) is 27.8. The first-order chi connectivity index (χ1) is 23.9. The maximum Gasteiger partial charge on any atom is 0.242 e. The number of benzene rings is 3. The van der Waals surface area contributed by atoms with Crippen LogP contribution in [0, 0.1) is 36.0 Å². The molecule has 50 heavy (non-hydrogen) atoms. The van der Waals surface area contributed by atoms with Gasteiger partial charge in [-0.1, -0.05) is 53.6 Å². The van der Waals surface area contributed by atoms with Gasteiger partial charge in [-0.3, -0.25) is 28.8 Å². The van der Waals surface area contributed by atoms with Gasteiger partial charge in [-0.05, 0) is 78.6 Å². The third-order valence-electron chi connectivity index (χ3n) is 11.9. The topological polar surface area (TPSA) is 113 Å². The number of phenols is 1. The van der Waals surface area contributed by atoms with Crippen molar-refractivity contribution in [3.05, 3.63) is 88.5 Å². The highest BCUT2D eigenvalue weighted by molar-refractivity contribution is 7.22. The SMILES string of the molecule is Cc1c(-c2cc(N3C(=O)[C@@H]4C[C@@H]5C(=CC[C@@H]6C(=O)N(C)C(=O)[C@@H]65)[C@H](c5c(O)ccc6ccccc56)[C@]4(C)C3=O)n(C)n2)sc2ccc(Cl)cc12. The second-order valence-electron chi connectivity index (χ2n) is 14.3. The second-order valence-corrected chi connectivity index (χ2v) is 15.8. The molecule has 2 aromatic heterocycles. The van der Waals surface area contributed by atoms with Crippen molar-refractivity contribution in [2.45, 2.75) is 32.6 Å². The Hall–Kier alpha value is -4.80. The maximum atomic E-state index is 15.1. The van der Waals surface area contributed by atoms with Gasteiger partial charge in [0.1, 0.15) is 17.3 Å². The molecule has 6 atom stereocenters. The Morgan fingerprint density at radius 2 is 1.72 bits per heavy atom. The number of nitrogens with zero attached hydrogens (tertiary/aromatic N) is 4. The van der Waals surface area contributed by atoms with Gasteiger partial charge in [0.05, 0.1) is 28.0 Å². The summed E-state index contributed by atoms with van der Waals surface area (Å²) >= 11 is 7.88. The number of hydrogen-bond donors (Lipinski definition) is 1. The summed E-state index contributed by atoms with van der Waals surface area (Å²) in [7, 11) is 3.24. The fourth-order valence-electron chi connectivity index (χ4n) is 9.50. The van der Waals surface area contributed by atoms with Gasteiger partial charge in [0.25, 0.3) is 0 Å². The molecule has 1 N–H and O–H groups in total. The number of aromatic nitrogens is 2. The molecule has 5 aromatic rings. The van der Waals surface area contributed by atoms with Crippen molar-refractivity contribution in [3.63, 3.8) is 0 Å². The van der Waals surface area contributed by atoms with Gasteiger partial charge >= 0.3 is 0 Å². The number of hydrogen-bond acceptors (Lipinski definition) is 7. The quantitative estimate of drug-likeness (QED) is 0.160. The van der Waals surface area contributed by atoms with E-state index in [-0.39, 0.29) is 35.8 Å². The zero-order valence-corrected chi connectivity index (χ0v) is 29.4. The van der Waals surface area contributed by atoms with Gasteiger partial charge in [-0.25, -0.2) is 4.90 Å². The molecule has 3 fully saturated rings. The molecule has 4 amide bonds. The molecule has 252 valence electrons. The van der Waals surface area contributed by atoms with Crippen molar-refractivity contribution in [2.24, 2.45) is 36.1 Å². The van der Waals surface area contributed by atoms with Crippen molar-refractivity contribution in [2.75, 3.05) is 11.9 Å². The van der Waals surface area contributed by atoms with Crippen LogP contribution < -0.4 is 4.90 Å². The van der Waals surface area contributed by atoms with Crippen molar-refractivity contribution in [3.8, 4) is 16.3 Å². The number of amides is 4. The van der Waals surface area contributed by atoms with Crippen molar-refractivity contribution < 1.29 is 24.3 Å². The number of phenolic OH excluding ortho intramolecular Hbond substituents is 1. The highest BCUT2D eigenvalue weighted by Gasteiger charge is 2.68. The van der Waals surface area contributed by atoms with E-state index in [0.29, 0.717) is 28.5 Å². The maximum absolute atomic E-state index is 15.1. The molecular weight excluding hydrogens is 672 g/mol. The van der Waals surface area contributed by atoms with E-state index in [0.717, 1.165) is 36.9 Å². The van der Waals surface area contributed by atoms with Crippen LogP contribution in [0.2, 0.25) is 5.02 Å². The summed E-state index contributed by atoms with van der Waals surface area (Å²) in [4.78, 5) is 60.2. The predicted octanol–water partition coefficient (Wildman–Crippen LogP) is 6.98. The van der Waals surface area contributed by atoms with E-state index in [9.17, 15) is 19.5 Å². The van der Waals surface area contributed by atoms with Crippen molar-refractivity contribution in [1.82, 2.24) is 14.7 Å². The number of carbonyl (C=O) groups is 4. The average molecular weight is 705 g/mol. The summed E-state index contributed by atoms with van der Waals surface area (Å²) in [6.07, 6.45) is 2.59. The molecule has 0 spiro atoms. The van der Waals surface area contributed by atoms with Gasteiger partial charge in [-0.15, -0.1) is 11.3 Å². The summed E-state index contributed by atoms with van der Waals surface area (Å²) in [5.41, 5.74) is 1.73. The van der Waals surface area contributed by atoms with Crippen molar-refractivity contribution >= 4 is 73.2 Å². The van der Waals surface area contributed by atoms with Gasteiger partial charge in [0, 0.05) is 41.4 Å². The summed E-state index contributed by atoms with van der Waals surface area (Å²) in [5, 5.41) is 19.7. The number of imide groups is 2. The van der Waals surface area contributed by atoms with Crippen molar-refractivity contribution in [1.29, 1.82) is 0 Å². The molecule has 2 aliphatic heterocycles. The van der Waals surface area contributed by atoms with E-state index in [1.807, 2.05) is 68.5 Å². The Bertz CT molecular complexity index is 2410. The molecule has 3 aromatic carbocycles. The summed E-state index contributed by atoms with van der Waals surface area (Å²) in [6, 6.07) is 18.7. The first-order valence-electron chi connectivity index (χ1n) is 16.7. The van der Waals surface area contributed by atoms with Crippen LogP contribution in [0.5, 0.6) is 5.75 Å². The Morgan fingerprint density at radius 3 is 2.52 bits per heavy atom. The van der Waals surface area contributed by atoms with Crippen LogP contribution in [0.15, 0.2) is 72.3 Å². The van der Waals surface area contributed by atoms with E-state index in [1.165, 1.54) is 16.8 Å². The third kappa shape index (κ3) is 3.97. The van der Waals surface area contributed by atoms with Crippen LogP contribution in [-0.2, 0) is 26.2 Å². The van der Waals surface area contributed by atoms with Gasteiger partial charge in [0.15, 0.2) is 0 Å². The highest BCUT2D eigenvalue weighted by atomic mass is 35.5. The highest BCUT2D eigenvalue weighted by Crippen LogP contribution is 2.65. The normalized spacial score (nSPS) is 27.7. The van der Waals surface area contributed by atoms with E-state index in [1.54, 1.807) is 35.2 Å². The van der Waals surface area contributed by atoms with Crippen LogP contribution in [0.4, 0.5) is 5.82 Å². The number of aromatic hydroxyl groups is 1. The van der Waals surface area contributed by atoms with E-state index in [4.69, 9.17) is 16.7 Å². The number of aryl methyl sites for hydroxylation is 2. The minimum Gasteiger partial charge on any atom is -0.508 e. The van der Waals surface area contributed by atoms with Crippen LogP contribution in [-0.4, -0.2) is 50.5 Å². The predicted molar refractivity (Wildman–Crippen MR) is 192 cm³/mol. The fraction of sp³-hybridized carbons (Fsp3) is 0.308. The zero-order chi connectivity index (χ0) is 35.0. The molecule has 9 nitrogen and oxygen atoms in total. The molecule has 2 aliphatic carbocycles. The number of anilines is 1. The molecule has 0 unspecified atom stereocenters. The Labute approximate surface area is 296 Å². The molecule has 9 rings (SSSR count). The molecule has 0 bridgehead atoms. The molecule has 0 radical (unpaired) electrons. The molecular formula is C39H33ClN4O5S. The molecule has 2 saturated heterocycles. The lowest BCUT2D eigenvalue weighted by atomic mass is 9.51.